The van der Waals surface area contributed by atoms with Crippen LogP contribution in [0.5, 0.6) is 5.75 Å². The Morgan fingerprint density at radius 3 is 2.79 bits per heavy atom. The van der Waals surface area contributed by atoms with E-state index in [0.29, 0.717) is 0 Å². The SMILES string of the molecule is CNC(c1cccc(Cl)c1)c1ccc2c(c1)CCO2. The molecule has 1 aliphatic rings. The Kier molecular flexibility index (Phi) is 3.45. The number of rotatable bonds is 3. The molecule has 0 aromatic heterocycles. The van der Waals surface area contributed by atoms with Crippen molar-refractivity contribution >= 4 is 11.6 Å². The van der Waals surface area contributed by atoms with Crippen molar-refractivity contribution in [3.63, 3.8) is 0 Å². The molecule has 0 saturated heterocycles. The number of hydrogen-bond donors (Lipinski definition) is 1. The minimum atomic E-state index is 0.157. The zero-order chi connectivity index (χ0) is 13.2. The standard InChI is InChI=1S/C16H16ClNO/c1-18-16(12-3-2-4-14(17)10-12)13-5-6-15-11(9-13)7-8-19-15/h2-6,9-10,16,18H,7-8H2,1H3. The predicted molar refractivity (Wildman–Crippen MR) is 78.0 cm³/mol. The Balaban J connectivity index is 1.98. The summed E-state index contributed by atoms with van der Waals surface area (Å²) in [7, 11) is 1.97. The maximum absolute atomic E-state index is 6.08. The van der Waals surface area contributed by atoms with Crippen LogP contribution in [0.1, 0.15) is 22.7 Å². The first kappa shape index (κ1) is 12.5. The van der Waals surface area contributed by atoms with Gasteiger partial charge in [0.25, 0.3) is 0 Å². The second-order valence-electron chi connectivity index (χ2n) is 4.74. The lowest BCUT2D eigenvalue weighted by molar-refractivity contribution is 0.357. The van der Waals surface area contributed by atoms with Crippen molar-refractivity contribution in [2.75, 3.05) is 13.7 Å². The van der Waals surface area contributed by atoms with E-state index in [9.17, 15) is 0 Å². The molecule has 0 saturated carbocycles. The van der Waals surface area contributed by atoms with Crippen LogP contribution < -0.4 is 10.1 Å². The molecular weight excluding hydrogens is 258 g/mol. The molecule has 3 heteroatoms. The Bertz CT molecular complexity index is 597. The minimum Gasteiger partial charge on any atom is -0.493 e. The van der Waals surface area contributed by atoms with E-state index in [0.717, 1.165) is 23.8 Å². The number of halogens is 1. The molecule has 98 valence electrons. The van der Waals surface area contributed by atoms with Gasteiger partial charge in [-0.05, 0) is 41.9 Å². The zero-order valence-electron chi connectivity index (χ0n) is 10.8. The van der Waals surface area contributed by atoms with E-state index in [-0.39, 0.29) is 6.04 Å². The second-order valence-corrected chi connectivity index (χ2v) is 5.18. The lowest BCUT2D eigenvalue weighted by Gasteiger charge is -2.18. The summed E-state index contributed by atoms with van der Waals surface area (Å²) in [5.41, 5.74) is 3.71. The lowest BCUT2D eigenvalue weighted by Crippen LogP contribution is -2.17. The van der Waals surface area contributed by atoms with E-state index < -0.39 is 0 Å². The maximum Gasteiger partial charge on any atom is 0.122 e. The Morgan fingerprint density at radius 1 is 1.16 bits per heavy atom. The van der Waals surface area contributed by atoms with Gasteiger partial charge in [0.05, 0.1) is 12.6 Å². The third-order valence-corrected chi connectivity index (χ3v) is 3.75. The highest BCUT2D eigenvalue weighted by Gasteiger charge is 2.17. The fourth-order valence-corrected chi connectivity index (χ4v) is 2.80. The van der Waals surface area contributed by atoms with Gasteiger partial charge in [-0.1, -0.05) is 35.9 Å². The van der Waals surface area contributed by atoms with Crippen LogP contribution in [0.3, 0.4) is 0 Å². The number of fused-ring (bicyclic) bond motifs is 1. The topological polar surface area (TPSA) is 21.3 Å². The molecule has 2 aromatic rings. The van der Waals surface area contributed by atoms with E-state index >= 15 is 0 Å². The highest BCUT2D eigenvalue weighted by atomic mass is 35.5. The van der Waals surface area contributed by atoms with Crippen LogP contribution in [0, 0.1) is 0 Å². The third kappa shape index (κ3) is 2.46. The van der Waals surface area contributed by atoms with Crippen molar-refractivity contribution in [2.24, 2.45) is 0 Å². The highest BCUT2D eigenvalue weighted by molar-refractivity contribution is 6.30. The zero-order valence-corrected chi connectivity index (χ0v) is 11.6. The number of benzene rings is 2. The lowest BCUT2D eigenvalue weighted by atomic mass is 9.96. The molecule has 1 atom stereocenters. The molecule has 0 bridgehead atoms. The van der Waals surface area contributed by atoms with Crippen molar-refractivity contribution in [1.29, 1.82) is 0 Å². The van der Waals surface area contributed by atoms with Crippen molar-refractivity contribution in [3.8, 4) is 5.75 Å². The van der Waals surface area contributed by atoms with E-state index in [1.54, 1.807) is 0 Å². The summed E-state index contributed by atoms with van der Waals surface area (Å²) in [6.45, 7) is 0.792. The molecule has 0 aliphatic carbocycles. The smallest absolute Gasteiger partial charge is 0.122 e. The highest BCUT2D eigenvalue weighted by Crippen LogP contribution is 2.31. The van der Waals surface area contributed by atoms with E-state index in [4.69, 9.17) is 16.3 Å². The van der Waals surface area contributed by atoms with E-state index in [1.165, 1.54) is 16.7 Å². The molecule has 1 aliphatic heterocycles. The molecule has 19 heavy (non-hydrogen) atoms. The Labute approximate surface area is 118 Å². The monoisotopic (exact) mass is 273 g/mol. The van der Waals surface area contributed by atoms with Gasteiger partial charge in [0, 0.05) is 11.4 Å². The first-order valence-corrected chi connectivity index (χ1v) is 6.84. The van der Waals surface area contributed by atoms with Crippen LogP contribution in [-0.2, 0) is 6.42 Å². The molecule has 0 amide bonds. The molecule has 2 nitrogen and oxygen atoms in total. The van der Waals surface area contributed by atoms with Gasteiger partial charge in [-0.2, -0.15) is 0 Å². The summed E-state index contributed by atoms with van der Waals surface area (Å²) in [6, 6.07) is 14.5. The first-order chi connectivity index (χ1) is 9.28. The van der Waals surface area contributed by atoms with Gasteiger partial charge in [-0.15, -0.1) is 0 Å². The van der Waals surface area contributed by atoms with Gasteiger partial charge in [0.15, 0.2) is 0 Å². The van der Waals surface area contributed by atoms with Crippen molar-refractivity contribution < 1.29 is 4.74 Å². The molecule has 1 heterocycles. The molecule has 0 fully saturated rings. The van der Waals surface area contributed by atoms with Gasteiger partial charge in [0.2, 0.25) is 0 Å². The summed E-state index contributed by atoms with van der Waals surface area (Å²) < 4.78 is 5.55. The first-order valence-electron chi connectivity index (χ1n) is 6.46. The quantitative estimate of drug-likeness (QED) is 0.923. The van der Waals surface area contributed by atoms with Crippen molar-refractivity contribution in [3.05, 3.63) is 64.2 Å². The molecule has 1 N–H and O–H groups in total. The summed E-state index contributed by atoms with van der Waals surface area (Å²) >= 11 is 6.08. The summed E-state index contributed by atoms with van der Waals surface area (Å²) in [5.74, 6) is 1.02. The van der Waals surface area contributed by atoms with E-state index in [2.05, 4.69) is 29.6 Å². The molecule has 2 aromatic carbocycles. The average molecular weight is 274 g/mol. The largest absolute Gasteiger partial charge is 0.493 e. The second kappa shape index (κ2) is 5.24. The van der Waals surface area contributed by atoms with Gasteiger partial charge in [-0.3, -0.25) is 0 Å². The van der Waals surface area contributed by atoms with Crippen LogP contribution in [0.15, 0.2) is 42.5 Å². The summed E-state index contributed by atoms with van der Waals surface area (Å²) in [6.07, 6.45) is 0.995. The summed E-state index contributed by atoms with van der Waals surface area (Å²) in [5, 5.41) is 4.12. The third-order valence-electron chi connectivity index (χ3n) is 3.52. The van der Waals surface area contributed by atoms with E-state index in [1.807, 2.05) is 25.2 Å². The van der Waals surface area contributed by atoms with Crippen LogP contribution in [0.25, 0.3) is 0 Å². The van der Waals surface area contributed by atoms with Gasteiger partial charge < -0.3 is 10.1 Å². The molecule has 3 rings (SSSR count). The minimum absolute atomic E-state index is 0.157. The van der Waals surface area contributed by atoms with Crippen LogP contribution >= 0.6 is 11.6 Å². The Hall–Kier alpha value is -1.51. The van der Waals surface area contributed by atoms with Crippen LogP contribution in [0.2, 0.25) is 5.02 Å². The Morgan fingerprint density at radius 2 is 2.00 bits per heavy atom. The molecular formula is C16H16ClNO. The maximum atomic E-state index is 6.08. The fraction of sp³-hybridized carbons (Fsp3) is 0.250. The number of ether oxygens (including phenoxy) is 1. The normalized spacial score (nSPS) is 14.8. The van der Waals surface area contributed by atoms with Crippen LogP contribution in [-0.4, -0.2) is 13.7 Å². The number of nitrogens with one attached hydrogen (secondary N) is 1. The van der Waals surface area contributed by atoms with Gasteiger partial charge in [-0.25, -0.2) is 0 Å². The molecule has 0 radical (unpaired) electrons. The molecule has 1 unspecified atom stereocenters. The predicted octanol–water partition coefficient (Wildman–Crippen LogP) is 3.58. The molecule has 0 spiro atoms. The fourth-order valence-electron chi connectivity index (χ4n) is 2.60. The van der Waals surface area contributed by atoms with Crippen molar-refractivity contribution in [1.82, 2.24) is 5.32 Å². The van der Waals surface area contributed by atoms with Crippen molar-refractivity contribution in [2.45, 2.75) is 12.5 Å². The summed E-state index contributed by atoms with van der Waals surface area (Å²) in [4.78, 5) is 0. The van der Waals surface area contributed by atoms with Gasteiger partial charge >= 0.3 is 0 Å². The average Bonchev–Trinajstić information content (AvgIpc) is 2.87. The van der Waals surface area contributed by atoms with Crippen LogP contribution in [0.4, 0.5) is 0 Å². The number of hydrogen-bond acceptors (Lipinski definition) is 2. The van der Waals surface area contributed by atoms with Gasteiger partial charge in [0.1, 0.15) is 5.75 Å².